The van der Waals surface area contributed by atoms with Gasteiger partial charge in [0.15, 0.2) is 0 Å². The van der Waals surface area contributed by atoms with Crippen LogP contribution in [0.1, 0.15) is 50.0 Å². The maximum atomic E-state index is 15.2. The number of esters is 1. The largest absolute Gasteiger partial charge is 0.461 e. The molecule has 4 N–H and O–H groups in total. The first-order valence-corrected chi connectivity index (χ1v) is 17.6. The lowest BCUT2D eigenvalue weighted by atomic mass is 9.93. The second kappa shape index (κ2) is 16.3. The lowest BCUT2D eigenvalue weighted by Gasteiger charge is -2.20. The maximum Gasteiger partial charge on any atom is 0.336 e. The van der Waals surface area contributed by atoms with Gasteiger partial charge in [0.2, 0.25) is 5.91 Å². The summed E-state index contributed by atoms with van der Waals surface area (Å²) < 4.78 is 65.6. The van der Waals surface area contributed by atoms with Gasteiger partial charge in [0.25, 0.3) is 21.5 Å². The molecule has 0 saturated heterocycles. The molecule has 0 bridgehead atoms. The molecule has 2 aromatic carbocycles. The Balaban J connectivity index is 1.48. The van der Waals surface area contributed by atoms with Crippen LogP contribution in [-0.2, 0) is 37.8 Å². The summed E-state index contributed by atoms with van der Waals surface area (Å²) in [6, 6.07) is 8.61. The van der Waals surface area contributed by atoms with Crippen molar-refractivity contribution < 1.29 is 41.4 Å². The molecule has 0 aliphatic carbocycles. The van der Waals surface area contributed by atoms with Crippen molar-refractivity contribution in [2.24, 2.45) is 12.5 Å². The molecular formula is C35H38F2N6O9S. The van der Waals surface area contributed by atoms with Crippen molar-refractivity contribution >= 4 is 39.2 Å². The van der Waals surface area contributed by atoms with Crippen molar-refractivity contribution in [2.75, 3.05) is 16.6 Å². The van der Waals surface area contributed by atoms with Crippen LogP contribution >= 0.6 is 0 Å². The molecule has 0 fully saturated rings. The normalized spacial score (nSPS) is 12.2. The summed E-state index contributed by atoms with van der Waals surface area (Å²) in [6.07, 6.45) is 2.17. The van der Waals surface area contributed by atoms with E-state index in [0.717, 1.165) is 16.7 Å². The Morgan fingerprint density at radius 3 is 2.28 bits per heavy atom. The molecule has 4 aromatic rings. The van der Waals surface area contributed by atoms with Gasteiger partial charge in [-0.3, -0.25) is 19.1 Å². The molecule has 0 radical (unpaired) electrons. The topological polar surface area (TPSA) is 208 Å². The first-order chi connectivity index (χ1) is 24.8. The Hall–Kier alpha value is -5.75. The van der Waals surface area contributed by atoms with Gasteiger partial charge in [-0.15, -0.1) is 0 Å². The summed E-state index contributed by atoms with van der Waals surface area (Å²) in [5.74, 6) is -5.09. The van der Waals surface area contributed by atoms with Gasteiger partial charge in [-0.1, -0.05) is 6.07 Å². The van der Waals surface area contributed by atoms with Crippen LogP contribution in [0.5, 0.6) is 0 Å². The van der Waals surface area contributed by atoms with Gasteiger partial charge in [-0.25, -0.2) is 36.3 Å². The number of pyridine rings is 1. The minimum Gasteiger partial charge on any atom is -0.461 e. The number of amides is 2. The number of aryl methyl sites for hydroxylation is 2. The number of halogens is 2. The minimum atomic E-state index is -4.47. The fourth-order valence-electron chi connectivity index (χ4n) is 4.68. The molecule has 18 heteroatoms. The number of benzene rings is 2. The van der Waals surface area contributed by atoms with Gasteiger partial charge < -0.3 is 25.0 Å². The number of carbonyl (C=O) groups is 3. The minimum absolute atomic E-state index is 0.0645. The van der Waals surface area contributed by atoms with E-state index in [2.05, 4.69) is 15.6 Å². The number of carbonyl (C=O) groups excluding carboxylic acids is 3. The number of ether oxygens (including phenoxy) is 1. The van der Waals surface area contributed by atoms with E-state index in [0.29, 0.717) is 17.7 Å². The molecule has 0 aliphatic rings. The molecule has 2 heterocycles. The lowest BCUT2D eigenvalue weighted by molar-refractivity contribution is -0.149. The summed E-state index contributed by atoms with van der Waals surface area (Å²) in [7, 11) is -3.00. The average molecular weight is 757 g/mol. The Morgan fingerprint density at radius 1 is 1.00 bits per heavy atom. The fourth-order valence-corrected chi connectivity index (χ4v) is 5.73. The highest BCUT2D eigenvalue weighted by Gasteiger charge is 2.28. The zero-order valence-corrected chi connectivity index (χ0v) is 30.2. The van der Waals surface area contributed by atoms with Crippen LogP contribution in [0, 0.1) is 17.0 Å². The molecule has 2 aromatic heterocycles. The number of rotatable bonds is 14. The first-order valence-electron chi connectivity index (χ1n) is 16.1. The Morgan fingerprint density at radius 2 is 1.68 bits per heavy atom. The number of aliphatic hydroxyl groups excluding tert-OH is 1. The number of aromatic nitrogens is 3. The molecule has 0 spiro atoms. The van der Waals surface area contributed by atoms with Gasteiger partial charge in [-0.2, -0.15) is 0 Å². The van der Waals surface area contributed by atoms with Gasteiger partial charge in [0, 0.05) is 37.3 Å². The van der Waals surface area contributed by atoms with Gasteiger partial charge in [0.1, 0.15) is 23.5 Å². The summed E-state index contributed by atoms with van der Waals surface area (Å²) in [5, 5.41) is 14.2. The van der Waals surface area contributed by atoms with E-state index in [1.54, 1.807) is 19.9 Å². The van der Waals surface area contributed by atoms with Crippen LogP contribution in [0.4, 0.5) is 20.2 Å². The van der Waals surface area contributed by atoms with E-state index in [-0.39, 0.29) is 29.2 Å². The SMILES string of the molecule is CC(C)OC(=O)[C@H](CCc1ccc(-n2c(=O)ccn(C)c2=O)nc1)NC(=O)c1cc(F)c(NS(=O)(=O)c2ccc(NC(=O)C(C)(C)CO)cc2)cc1F. The number of aliphatic hydroxyl groups is 1. The Labute approximate surface area is 302 Å². The Bertz CT molecular complexity index is 2240. The van der Waals surface area contributed by atoms with Crippen LogP contribution < -0.4 is 26.6 Å². The molecule has 0 aliphatic heterocycles. The monoisotopic (exact) mass is 756 g/mol. The van der Waals surface area contributed by atoms with E-state index >= 15 is 8.78 Å². The molecule has 0 saturated carbocycles. The molecule has 15 nitrogen and oxygen atoms in total. The number of sulfonamides is 1. The second-order valence-electron chi connectivity index (χ2n) is 12.9. The van der Waals surface area contributed by atoms with E-state index in [9.17, 15) is 37.5 Å². The predicted octanol–water partition coefficient (Wildman–Crippen LogP) is 2.65. The van der Waals surface area contributed by atoms with Crippen molar-refractivity contribution in [2.45, 2.75) is 57.6 Å². The fraction of sp³-hybridized carbons (Fsp3) is 0.314. The zero-order chi connectivity index (χ0) is 39.2. The van der Waals surface area contributed by atoms with Crippen molar-refractivity contribution in [3.63, 3.8) is 0 Å². The molecule has 53 heavy (non-hydrogen) atoms. The zero-order valence-electron chi connectivity index (χ0n) is 29.3. The van der Waals surface area contributed by atoms with Crippen LogP contribution in [0.15, 0.2) is 81.5 Å². The summed E-state index contributed by atoms with van der Waals surface area (Å²) in [4.78, 5) is 66.8. The van der Waals surface area contributed by atoms with E-state index in [4.69, 9.17) is 4.74 Å². The van der Waals surface area contributed by atoms with Crippen molar-refractivity contribution in [3.8, 4) is 5.82 Å². The highest BCUT2D eigenvalue weighted by Crippen LogP contribution is 2.25. The van der Waals surface area contributed by atoms with Crippen molar-refractivity contribution in [1.82, 2.24) is 19.4 Å². The van der Waals surface area contributed by atoms with Crippen LogP contribution in [-0.4, -0.2) is 64.2 Å². The molecule has 1 atom stereocenters. The predicted molar refractivity (Wildman–Crippen MR) is 189 cm³/mol. The number of nitrogens with zero attached hydrogens (tertiary/aromatic N) is 3. The quantitative estimate of drug-likeness (QED) is 0.138. The standard InChI is InChI=1S/C35H38F2N6O9S/c1-20(2)52-32(47)27(12-6-21-7-13-29(38-18-21)43-30(45)14-15-42(5)34(43)49)40-31(46)24-16-26(37)28(17-25(24)36)41-53(50,51)23-10-8-22(9-11-23)39-33(48)35(3,4)19-44/h7-11,13-18,20,27,41,44H,6,12,19H2,1-5H3,(H,39,48)(H,40,46)/t27-/m0/s1. The second-order valence-corrected chi connectivity index (χ2v) is 14.6. The molecule has 282 valence electrons. The van der Waals surface area contributed by atoms with E-state index < -0.39 is 86.1 Å². The van der Waals surface area contributed by atoms with Crippen molar-refractivity contribution in [1.29, 1.82) is 0 Å². The molecule has 2 amide bonds. The highest BCUT2D eigenvalue weighted by atomic mass is 32.2. The van der Waals surface area contributed by atoms with Crippen LogP contribution in [0.2, 0.25) is 0 Å². The third kappa shape index (κ3) is 9.78. The van der Waals surface area contributed by atoms with Crippen LogP contribution in [0.25, 0.3) is 5.82 Å². The molecule has 0 unspecified atom stereocenters. The first kappa shape index (κ1) is 40.0. The number of anilines is 2. The van der Waals surface area contributed by atoms with Gasteiger partial charge in [0.05, 0.1) is 34.3 Å². The maximum absolute atomic E-state index is 15.2. The molecule has 4 rings (SSSR count). The number of hydrogen-bond acceptors (Lipinski definition) is 10. The van der Waals surface area contributed by atoms with Gasteiger partial charge in [-0.05, 0) is 82.5 Å². The van der Waals surface area contributed by atoms with E-state index in [1.807, 2.05) is 4.72 Å². The number of hydrogen-bond donors (Lipinski definition) is 4. The molecular weight excluding hydrogens is 718 g/mol. The smallest absolute Gasteiger partial charge is 0.336 e. The van der Waals surface area contributed by atoms with Crippen molar-refractivity contribution in [3.05, 3.63) is 111 Å². The Kier molecular flexibility index (Phi) is 12.3. The summed E-state index contributed by atoms with van der Waals surface area (Å²) in [6.45, 7) is 5.75. The summed E-state index contributed by atoms with van der Waals surface area (Å²) >= 11 is 0. The van der Waals surface area contributed by atoms with Crippen LogP contribution in [0.3, 0.4) is 0 Å². The van der Waals surface area contributed by atoms with Gasteiger partial charge >= 0.3 is 11.7 Å². The average Bonchev–Trinajstić information content (AvgIpc) is 3.10. The third-order valence-electron chi connectivity index (χ3n) is 7.83. The highest BCUT2D eigenvalue weighted by molar-refractivity contribution is 7.92. The van der Waals surface area contributed by atoms with E-state index in [1.165, 1.54) is 62.1 Å². The summed E-state index contributed by atoms with van der Waals surface area (Å²) in [5.41, 5.74) is -3.14. The lowest BCUT2D eigenvalue weighted by Crippen LogP contribution is -2.43. The number of nitrogens with one attached hydrogen (secondary N) is 3. The third-order valence-corrected chi connectivity index (χ3v) is 9.22.